The Labute approximate surface area is 166 Å². The van der Waals surface area contributed by atoms with Gasteiger partial charge in [-0.1, -0.05) is 65.1 Å². The summed E-state index contributed by atoms with van der Waals surface area (Å²) in [7, 11) is 0. The van der Waals surface area contributed by atoms with E-state index in [1.807, 2.05) is 30.3 Å². The summed E-state index contributed by atoms with van der Waals surface area (Å²) in [5.74, 6) is 0. The molecule has 2 aromatic carbocycles. The number of carbonyl (C=O) groups is 1. The van der Waals surface area contributed by atoms with Gasteiger partial charge in [-0.2, -0.15) is 0 Å². The molecule has 5 nitrogen and oxygen atoms in total. The van der Waals surface area contributed by atoms with Crippen LogP contribution in [0.5, 0.6) is 0 Å². The number of aliphatic hydroxyl groups excluding tert-OH is 2. The molecule has 0 spiro atoms. The molecule has 0 aromatic heterocycles. The number of amides is 1. The number of nitrogens with one attached hydrogen (secondary N) is 1. The summed E-state index contributed by atoms with van der Waals surface area (Å²) in [4.78, 5) is 11.6. The Kier molecular flexibility index (Phi) is 8.00. The molecule has 0 bridgehead atoms. The first-order chi connectivity index (χ1) is 12.4. The molecular formula is C18H18Cl3NO4. The van der Waals surface area contributed by atoms with E-state index in [-0.39, 0.29) is 35.2 Å². The van der Waals surface area contributed by atoms with Gasteiger partial charge in [0.2, 0.25) is 0 Å². The highest BCUT2D eigenvalue weighted by atomic mass is 35.5. The van der Waals surface area contributed by atoms with Crippen LogP contribution in [-0.4, -0.2) is 29.0 Å². The summed E-state index contributed by atoms with van der Waals surface area (Å²) in [5.41, 5.74) is 1.09. The first kappa shape index (κ1) is 20.8. The Hall–Kier alpha value is -1.50. The van der Waals surface area contributed by atoms with Crippen molar-refractivity contribution in [2.24, 2.45) is 0 Å². The van der Waals surface area contributed by atoms with Gasteiger partial charge < -0.3 is 20.3 Å². The first-order valence-electron chi connectivity index (χ1n) is 7.83. The second kappa shape index (κ2) is 10.00. The van der Waals surface area contributed by atoms with Crippen molar-refractivity contribution in [3.63, 3.8) is 0 Å². The lowest BCUT2D eigenvalue weighted by Gasteiger charge is -2.20. The number of aliphatic hydroxyl groups is 2. The van der Waals surface area contributed by atoms with Gasteiger partial charge in [0.1, 0.15) is 12.7 Å². The summed E-state index contributed by atoms with van der Waals surface area (Å²) in [5, 5.41) is 23.5. The van der Waals surface area contributed by atoms with Crippen LogP contribution >= 0.6 is 34.8 Å². The monoisotopic (exact) mass is 417 g/mol. The number of alkyl carbamates (subject to hydrolysis) is 1. The van der Waals surface area contributed by atoms with Crippen molar-refractivity contribution in [1.29, 1.82) is 0 Å². The van der Waals surface area contributed by atoms with E-state index < -0.39 is 18.3 Å². The molecule has 0 radical (unpaired) electrons. The van der Waals surface area contributed by atoms with E-state index in [0.29, 0.717) is 5.02 Å². The minimum Gasteiger partial charge on any atom is -0.445 e. The van der Waals surface area contributed by atoms with E-state index in [1.54, 1.807) is 0 Å². The van der Waals surface area contributed by atoms with Crippen LogP contribution in [0.4, 0.5) is 4.79 Å². The summed E-state index contributed by atoms with van der Waals surface area (Å²) in [6.07, 6.45) is -2.99. The summed E-state index contributed by atoms with van der Waals surface area (Å²) in [6.45, 7) is 0.256. The van der Waals surface area contributed by atoms with Crippen molar-refractivity contribution in [2.75, 3.05) is 6.54 Å². The van der Waals surface area contributed by atoms with Gasteiger partial charge in [-0.3, -0.25) is 0 Å². The topological polar surface area (TPSA) is 78.8 Å². The Balaban J connectivity index is 1.79. The lowest BCUT2D eigenvalue weighted by Crippen LogP contribution is -2.29. The zero-order valence-electron chi connectivity index (χ0n) is 13.7. The Bertz CT molecular complexity index is 743. The van der Waals surface area contributed by atoms with Gasteiger partial charge in [-0.05, 0) is 24.1 Å². The van der Waals surface area contributed by atoms with Crippen LogP contribution in [0.1, 0.15) is 23.7 Å². The van der Waals surface area contributed by atoms with Crippen LogP contribution in [0.2, 0.25) is 15.1 Å². The molecular weight excluding hydrogens is 401 g/mol. The molecule has 26 heavy (non-hydrogen) atoms. The van der Waals surface area contributed by atoms with Crippen LogP contribution in [0.3, 0.4) is 0 Å². The fourth-order valence-electron chi connectivity index (χ4n) is 2.25. The third kappa shape index (κ3) is 6.04. The molecule has 0 aliphatic heterocycles. The maximum absolute atomic E-state index is 11.6. The number of halogens is 3. The van der Waals surface area contributed by atoms with Gasteiger partial charge in [0.25, 0.3) is 0 Å². The van der Waals surface area contributed by atoms with Crippen molar-refractivity contribution in [3.8, 4) is 0 Å². The Morgan fingerprint density at radius 1 is 1.12 bits per heavy atom. The van der Waals surface area contributed by atoms with Gasteiger partial charge in [0, 0.05) is 17.1 Å². The van der Waals surface area contributed by atoms with Crippen molar-refractivity contribution in [2.45, 2.75) is 25.2 Å². The lowest BCUT2D eigenvalue weighted by molar-refractivity contribution is 0.0137. The lowest BCUT2D eigenvalue weighted by atomic mass is 10.0. The molecule has 2 atom stereocenters. The average Bonchev–Trinajstić information content (AvgIpc) is 2.63. The zero-order chi connectivity index (χ0) is 19.1. The van der Waals surface area contributed by atoms with Crippen molar-refractivity contribution in [3.05, 3.63) is 68.7 Å². The molecule has 2 unspecified atom stereocenters. The second-order valence-corrected chi connectivity index (χ2v) is 6.80. The minimum atomic E-state index is -1.29. The van der Waals surface area contributed by atoms with Crippen molar-refractivity contribution >= 4 is 40.9 Å². The maximum atomic E-state index is 11.6. The van der Waals surface area contributed by atoms with Gasteiger partial charge in [-0.25, -0.2) is 4.79 Å². The van der Waals surface area contributed by atoms with Gasteiger partial charge in [-0.15, -0.1) is 0 Å². The molecule has 1 amide bonds. The van der Waals surface area contributed by atoms with E-state index in [4.69, 9.17) is 39.5 Å². The predicted octanol–water partition coefficient (Wildman–Crippen LogP) is 4.36. The van der Waals surface area contributed by atoms with E-state index in [2.05, 4.69) is 5.32 Å². The highest BCUT2D eigenvalue weighted by Gasteiger charge is 2.22. The zero-order valence-corrected chi connectivity index (χ0v) is 15.9. The summed E-state index contributed by atoms with van der Waals surface area (Å²) < 4.78 is 5.06. The van der Waals surface area contributed by atoms with Crippen LogP contribution in [0.15, 0.2) is 42.5 Å². The Morgan fingerprint density at radius 3 is 2.50 bits per heavy atom. The molecule has 8 heteroatoms. The number of carbonyl (C=O) groups excluding carboxylic acids is 1. The third-order valence-corrected chi connectivity index (χ3v) is 4.66. The fourth-order valence-corrected chi connectivity index (χ4v) is 2.98. The molecule has 2 aromatic rings. The molecule has 0 saturated carbocycles. The first-order valence-corrected chi connectivity index (χ1v) is 8.97. The SMILES string of the molecule is O=C(NCCC(O)C(O)c1cc(Cl)cc(Cl)c1Cl)OCc1ccccc1. The molecule has 0 aliphatic rings. The largest absolute Gasteiger partial charge is 0.445 e. The minimum absolute atomic E-state index is 0.0854. The molecule has 140 valence electrons. The molecule has 2 rings (SSSR count). The molecule has 0 saturated heterocycles. The normalized spacial score (nSPS) is 13.1. The molecule has 3 N–H and O–H groups in total. The van der Waals surface area contributed by atoms with Gasteiger partial charge >= 0.3 is 6.09 Å². The molecule has 0 fully saturated rings. The highest BCUT2D eigenvalue weighted by molar-refractivity contribution is 6.43. The van der Waals surface area contributed by atoms with Gasteiger partial charge in [0.15, 0.2) is 0 Å². The summed E-state index contributed by atoms with van der Waals surface area (Å²) in [6, 6.07) is 12.1. The van der Waals surface area contributed by atoms with Crippen LogP contribution in [0, 0.1) is 0 Å². The quantitative estimate of drug-likeness (QED) is 0.584. The van der Waals surface area contributed by atoms with E-state index >= 15 is 0 Å². The van der Waals surface area contributed by atoms with E-state index in [1.165, 1.54) is 12.1 Å². The average molecular weight is 419 g/mol. The van der Waals surface area contributed by atoms with Crippen LogP contribution in [-0.2, 0) is 11.3 Å². The second-order valence-electron chi connectivity index (χ2n) is 5.58. The summed E-state index contributed by atoms with van der Waals surface area (Å²) >= 11 is 17.8. The molecule has 0 heterocycles. The van der Waals surface area contributed by atoms with E-state index in [0.717, 1.165) is 5.56 Å². The third-order valence-electron chi connectivity index (χ3n) is 3.63. The maximum Gasteiger partial charge on any atom is 0.407 e. The number of hydrogen-bond acceptors (Lipinski definition) is 4. The standard InChI is InChI=1S/C18H18Cl3NO4/c19-12-8-13(16(21)14(20)9-12)17(24)15(23)6-7-22-18(25)26-10-11-4-2-1-3-5-11/h1-5,8-9,15,17,23-24H,6-7,10H2,(H,22,25). The molecule has 0 aliphatic carbocycles. The van der Waals surface area contributed by atoms with E-state index in [9.17, 15) is 15.0 Å². The van der Waals surface area contributed by atoms with Crippen molar-refractivity contribution < 1.29 is 19.7 Å². The highest BCUT2D eigenvalue weighted by Crippen LogP contribution is 2.34. The number of ether oxygens (including phenoxy) is 1. The Morgan fingerprint density at radius 2 is 1.81 bits per heavy atom. The predicted molar refractivity (Wildman–Crippen MR) is 102 cm³/mol. The number of hydrogen-bond donors (Lipinski definition) is 3. The van der Waals surface area contributed by atoms with Crippen molar-refractivity contribution in [1.82, 2.24) is 5.32 Å². The fraction of sp³-hybridized carbons (Fsp3) is 0.278. The van der Waals surface area contributed by atoms with Crippen LogP contribution < -0.4 is 5.32 Å². The number of benzene rings is 2. The van der Waals surface area contributed by atoms with Crippen LogP contribution in [0.25, 0.3) is 0 Å². The number of rotatable bonds is 7. The smallest absolute Gasteiger partial charge is 0.407 e. The van der Waals surface area contributed by atoms with Gasteiger partial charge in [0.05, 0.1) is 16.1 Å².